The van der Waals surface area contributed by atoms with Crippen molar-refractivity contribution in [2.24, 2.45) is 0 Å². The summed E-state index contributed by atoms with van der Waals surface area (Å²) in [6.07, 6.45) is 2.57. The van der Waals surface area contributed by atoms with Gasteiger partial charge in [0.2, 0.25) is 0 Å². The van der Waals surface area contributed by atoms with Gasteiger partial charge in [-0.1, -0.05) is 12.1 Å². The molecule has 0 bridgehead atoms. The van der Waals surface area contributed by atoms with Crippen LogP contribution in [0, 0.1) is 6.92 Å². The molecule has 0 radical (unpaired) electrons. The number of hydrogen-bond donors (Lipinski definition) is 1. The van der Waals surface area contributed by atoms with Crippen molar-refractivity contribution < 1.29 is 19.1 Å². The van der Waals surface area contributed by atoms with E-state index < -0.39 is 0 Å². The largest absolute Gasteiger partial charge is 0.461 e. The number of amides is 1. The molecule has 2 aliphatic rings. The monoisotopic (exact) mass is 355 g/mol. The predicted molar refractivity (Wildman–Crippen MR) is 97.9 cm³/mol. The molecule has 2 fully saturated rings. The van der Waals surface area contributed by atoms with Gasteiger partial charge in [0.25, 0.3) is 5.91 Å². The summed E-state index contributed by atoms with van der Waals surface area (Å²) in [6, 6.07) is 11.3. The van der Waals surface area contributed by atoms with Crippen LogP contribution in [0.15, 0.2) is 40.8 Å². The first-order valence-corrected chi connectivity index (χ1v) is 9.23. The first-order chi connectivity index (χ1) is 12.5. The summed E-state index contributed by atoms with van der Waals surface area (Å²) in [5, 5.41) is 10.1. The van der Waals surface area contributed by atoms with Crippen molar-refractivity contribution in [1.82, 2.24) is 4.90 Å². The van der Waals surface area contributed by atoms with Crippen molar-refractivity contribution in [2.75, 3.05) is 13.7 Å². The van der Waals surface area contributed by atoms with Gasteiger partial charge in [0.15, 0.2) is 0 Å². The normalized spacial score (nSPS) is 28.2. The number of ether oxygens (including phenoxy) is 1. The number of aliphatic hydroxyl groups excluding tert-OH is 1. The summed E-state index contributed by atoms with van der Waals surface area (Å²) in [6.45, 7) is 2.57. The van der Waals surface area contributed by atoms with Gasteiger partial charge >= 0.3 is 0 Å². The fourth-order valence-corrected chi connectivity index (χ4v) is 4.48. The van der Waals surface area contributed by atoms with Crippen LogP contribution in [0.3, 0.4) is 0 Å². The van der Waals surface area contributed by atoms with Gasteiger partial charge in [0.05, 0.1) is 17.7 Å². The number of carbonyl (C=O) groups excluding carboxylic acids is 1. The van der Waals surface area contributed by atoms with Crippen LogP contribution in [0.5, 0.6) is 0 Å². The van der Waals surface area contributed by atoms with E-state index in [9.17, 15) is 9.90 Å². The number of likely N-dealkylation sites (tertiary alicyclic amines) is 1. The van der Waals surface area contributed by atoms with Gasteiger partial charge in [-0.15, -0.1) is 0 Å². The number of aryl methyl sites for hydroxylation is 1. The third-order valence-corrected chi connectivity index (χ3v) is 5.96. The molecule has 3 atom stereocenters. The number of nitrogens with zero attached hydrogens (tertiary/aromatic N) is 1. The number of furan rings is 1. The molecule has 4 rings (SSSR count). The van der Waals surface area contributed by atoms with Crippen molar-refractivity contribution >= 4 is 5.91 Å². The van der Waals surface area contributed by atoms with Gasteiger partial charge < -0.3 is 19.2 Å². The lowest BCUT2D eigenvalue weighted by Crippen LogP contribution is -2.52. The molecular weight excluding hydrogens is 330 g/mol. The van der Waals surface area contributed by atoms with E-state index >= 15 is 0 Å². The maximum atomic E-state index is 13.2. The fraction of sp³-hybridized carbons (Fsp3) is 0.476. The van der Waals surface area contributed by atoms with E-state index in [2.05, 4.69) is 0 Å². The van der Waals surface area contributed by atoms with Crippen molar-refractivity contribution in [3.05, 3.63) is 47.7 Å². The molecule has 5 nitrogen and oxygen atoms in total. The molecular formula is C21H25NO4. The molecule has 1 saturated heterocycles. The lowest BCUT2D eigenvalue weighted by molar-refractivity contribution is -0.0824. The Morgan fingerprint density at radius 3 is 2.88 bits per heavy atom. The highest BCUT2D eigenvalue weighted by Gasteiger charge is 2.52. The van der Waals surface area contributed by atoms with E-state index in [-0.39, 0.29) is 23.7 Å². The minimum atomic E-state index is -0.367. The number of carbonyl (C=O) groups is 1. The Kier molecular flexibility index (Phi) is 4.37. The third kappa shape index (κ3) is 2.85. The summed E-state index contributed by atoms with van der Waals surface area (Å²) < 4.78 is 11.5. The van der Waals surface area contributed by atoms with E-state index in [0.29, 0.717) is 18.5 Å². The maximum absolute atomic E-state index is 13.2. The topological polar surface area (TPSA) is 62.9 Å². The lowest BCUT2D eigenvalue weighted by Gasteiger charge is -2.42. The van der Waals surface area contributed by atoms with Crippen LogP contribution in [0.25, 0.3) is 11.3 Å². The molecule has 1 aliphatic heterocycles. The number of hydrogen-bond acceptors (Lipinski definition) is 4. The number of fused-ring (bicyclic) bond motifs is 1. The van der Waals surface area contributed by atoms with Gasteiger partial charge in [-0.25, -0.2) is 0 Å². The Morgan fingerprint density at radius 2 is 2.15 bits per heavy atom. The molecule has 1 aromatic heterocycles. The maximum Gasteiger partial charge on any atom is 0.254 e. The predicted octanol–water partition coefficient (Wildman–Crippen LogP) is 3.40. The summed E-state index contributed by atoms with van der Waals surface area (Å²) in [5.41, 5.74) is 1.22. The second-order valence-corrected chi connectivity index (χ2v) is 7.45. The molecule has 2 heterocycles. The first kappa shape index (κ1) is 17.3. The molecule has 0 spiro atoms. The Bertz CT molecular complexity index is 814. The molecule has 1 aliphatic carbocycles. The molecule has 26 heavy (non-hydrogen) atoms. The summed E-state index contributed by atoms with van der Waals surface area (Å²) in [4.78, 5) is 15.1. The highest BCUT2D eigenvalue weighted by atomic mass is 16.5. The highest BCUT2D eigenvalue weighted by molar-refractivity contribution is 5.96. The van der Waals surface area contributed by atoms with Crippen LogP contribution in [-0.2, 0) is 4.74 Å². The minimum absolute atomic E-state index is 0.00634. The van der Waals surface area contributed by atoms with Crippen molar-refractivity contribution in [3.8, 4) is 11.3 Å². The number of aliphatic hydroxyl groups is 1. The van der Waals surface area contributed by atoms with Crippen LogP contribution >= 0.6 is 0 Å². The quantitative estimate of drug-likeness (QED) is 0.917. The minimum Gasteiger partial charge on any atom is -0.461 e. The van der Waals surface area contributed by atoms with Gasteiger partial charge in [-0.05, 0) is 56.9 Å². The van der Waals surface area contributed by atoms with E-state index in [4.69, 9.17) is 9.15 Å². The number of methoxy groups -OCH3 is 1. The third-order valence-electron chi connectivity index (χ3n) is 5.96. The standard InChI is InChI=1S/C21H25NO4/c1-14-6-7-18(26-14)15-4-3-5-16(12-15)20(24)22-11-10-21(25-2)9-8-17(23)13-19(21)22/h3-7,12,17,19,23H,8-11,13H2,1-2H3/t17-,19+,21-/m1/s1. The molecule has 1 saturated carbocycles. The smallest absolute Gasteiger partial charge is 0.254 e. The average Bonchev–Trinajstić information content (AvgIpc) is 3.25. The van der Waals surface area contributed by atoms with Gasteiger partial charge in [-0.2, -0.15) is 0 Å². The first-order valence-electron chi connectivity index (χ1n) is 9.23. The van der Waals surface area contributed by atoms with E-state index in [0.717, 1.165) is 36.3 Å². The van der Waals surface area contributed by atoms with E-state index in [1.807, 2.05) is 48.2 Å². The van der Waals surface area contributed by atoms with Gasteiger partial charge in [0.1, 0.15) is 11.5 Å². The van der Waals surface area contributed by atoms with Gasteiger partial charge in [0, 0.05) is 24.8 Å². The highest BCUT2D eigenvalue weighted by Crippen LogP contribution is 2.43. The molecule has 2 aromatic rings. The summed E-state index contributed by atoms with van der Waals surface area (Å²) in [7, 11) is 1.72. The van der Waals surface area contributed by atoms with Crippen LogP contribution in [0.4, 0.5) is 0 Å². The van der Waals surface area contributed by atoms with Gasteiger partial charge in [-0.3, -0.25) is 4.79 Å². The van der Waals surface area contributed by atoms with Crippen LogP contribution in [0.2, 0.25) is 0 Å². The summed E-state index contributed by atoms with van der Waals surface area (Å²) >= 11 is 0. The van der Waals surface area contributed by atoms with Crippen molar-refractivity contribution in [2.45, 2.75) is 50.4 Å². The average molecular weight is 355 g/mol. The fourth-order valence-electron chi connectivity index (χ4n) is 4.48. The van der Waals surface area contributed by atoms with E-state index in [1.54, 1.807) is 7.11 Å². The molecule has 0 unspecified atom stereocenters. The zero-order chi connectivity index (χ0) is 18.3. The number of rotatable bonds is 3. The second-order valence-electron chi connectivity index (χ2n) is 7.45. The molecule has 1 N–H and O–H groups in total. The molecule has 1 amide bonds. The van der Waals surface area contributed by atoms with E-state index in [1.165, 1.54) is 0 Å². The van der Waals surface area contributed by atoms with Crippen LogP contribution in [0.1, 0.15) is 41.8 Å². The Hall–Kier alpha value is -2.11. The SMILES string of the molecule is CO[C@@]12CC[C@@H](O)C[C@@H]1N(C(=O)c1cccc(-c3ccc(C)o3)c1)CC2. The van der Waals surface area contributed by atoms with Crippen LogP contribution in [-0.4, -0.2) is 47.3 Å². The zero-order valence-corrected chi connectivity index (χ0v) is 15.3. The second kappa shape index (κ2) is 6.56. The molecule has 138 valence electrons. The Balaban J connectivity index is 1.62. The summed E-state index contributed by atoms with van der Waals surface area (Å²) in [5.74, 6) is 1.60. The van der Waals surface area contributed by atoms with Crippen molar-refractivity contribution in [3.63, 3.8) is 0 Å². The Morgan fingerprint density at radius 1 is 1.31 bits per heavy atom. The number of benzene rings is 1. The zero-order valence-electron chi connectivity index (χ0n) is 15.3. The lowest BCUT2D eigenvalue weighted by atomic mass is 9.79. The molecule has 5 heteroatoms. The van der Waals surface area contributed by atoms with Crippen LogP contribution < -0.4 is 0 Å². The molecule has 1 aromatic carbocycles. The Labute approximate surface area is 153 Å². The van der Waals surface area contributed by atoms with Crippen molar-refractivity contribution in [1.29, 1.82) is 0 Å².